The summed E-state index contributed by atoms with van der Waals surface area (Å²) in [5.74, 6) is 5.37. The normalized spacial score (nSPS) is 9.74. The molecule has 0 spiro atoms. The minimum Gasteiger partial charge on any atom is -0.346 e. The molecule has 0 aliphatic rings. The van der Waals surface area contributed by atoms with Crippen LogP contribution in [0.4, 0.5) is 0 Å². The van der Waals surface area contributed by atoms with E-state index < -0.39 is 0 Å². The lowest BCUT2D eigenvalue weighted by atomic mass is 10.2. The van der Waals surface area contributed by atoms with E-state index in [2.05, 4.69) is 22.1 Å². The summed E-state index contributed by atoms with van der Waals surface area (Å²) in [5.41, 5.74) is 6.67. The fourth-order valence-electron chi connectivity index (χ4n) is 1.39. The van der Waals surface area contributed by atoms with Gasteiger partial charge in [-0.2, -0.15) is 0 Å². The third kappa shape index (κ3) is 3.54. The van der Waals surface area contributed by atoms with E-state index in [0.717, 1.165) is 11.3 Å². The maximum atomic E-state index is 12.0. The zero-order valence-electron chi connectivity index (χ0n) is 9.86. The lowest BCUT2D eigenvalue weighted by molar-refractivity contribution is 0.0954. The number of nitrogens with two attached hydrogens (primary N) is 1. The molecular formula is C12H11N3O2S2. The standard InChI is InChI=1S/C12H11N3O2S2/c13-4-1-2-8-3-5-18-10(8)11(16)14-6-9-7-19-12(17)15-9/h3,5,7H,4,6,13H2,(H,14,16)(H,15,17). The van der Waals surface area contributed by atoms with E-state index in [1.165, 1.54) is 11.3 Å². The van der Waals surface area contributed by atoms with Crippen LogP contribution >= 0.6 is 22.7 Å². The Morgan fingerprint density at radius 3 is 3.00 bits per heavy atom. The van der Waals surface area contributed by atoms with Crippen molar-refractivity contribution in [2.45, 2.75) is 6.54 Å². The average Bonchev–Trinajstić information content (AvgIpc) is 3.02. The number of nitrogens with one attached hydrogen (secondary N) is 2. The van der Waals surface area contributed by atoms with Crippen molar-refractivity contribution < 1.29 is 4.79 Å². The second-order valence-corrected chi connectivity index (χ2v) is 5.28. The number of thiazole rings is 1. The Bertz CT molecular complexity index is 687. The predicted molar refractivity (Wildman–Crippen MR) is 76.4 cm³/mol. The van der Waals surface area contributed by atoms with Gasteiger partial charge >= 0.3 is 4.87 Å². The van der Waals surface area contributed by atoms with Gasteiger partial charge in [-0.15, -0.1) is 11.3 Å². The number of hydrogen-bond donors (Lipinski definition) is 3. The van der Waals surface area contributed by atoms with Gasteiger partial charge in [0.15, 0.2) is 0 Å². The Hall–Kier alpha value is -1.88. The van der Waals surface area contributed by atoms with Crippen LogP contribution < -0.4 is 15.9 Å². The average molecular weight is 293 g/mol. The molecular weight excluding hydrogens is 282 g/mol. The van der Waals surface area contributed by atoms with E-state index in [4.69, 9.17) is 5.73 Å². The minimum absolute atomic E-state index is 0.130. The first-order valence-electron chi connectivity index (χ1n) is 5.42. The van der Waals surface area contributed by atoms with Gasteiger partial charge in [-0.05, 0) is 11.4 Å². The Balaban J connectivity index is 2.04. The van der Waals surface area contributed by atoms with Gasteiger partial charge in [0.05, 0.1) is 13.1 Å². The molecule has 0 unspecified atom stereocenters. The quantitative estimate of drug-likeness (QED) is 0.729. The summed E-state index contributed by atoms with van der Waals surface area (Å²) in [4.78, 5) is 26.0. The highest BCUT2D eigenvalue weighted by atomic mass is 32.1. The molecule has 0 aromatic carbocycles. The van der Waals surface area contributed by atoms with Crippen LogP contribution in [0.1, 0.15) is 20.9 Å². The first-order valence-corrected chi connectivity index (χ1v) is 7.18. The van der Waals surface area contributed by atoms with Crippen LogP contribution in [0.15, 0.2) is 21.6 Å². The fraction of sp³-hybridized carbons (Fsp3) is 0.167. The van der Waals surface area contributed by atoms with E-state index in [1.54, 1.807) is 11.4 Å². The van der Waals surface area contributed by atoms with Crippen molar-refractivity contribution in [1.82, 2.24) is 10.3 Å². The molecule has 0 saturated carbocycles. The number of thiophene rings is 1. The van der Waals surface area contributed by atoms with Crippen molar-refractivity contribution in [3.8, 4) is 11.8 Å². The molecule has 98 valence electrons. The highest BCUT2D eigenvalue weighted by Crippen LogP contribution is 2.15. The maximum absolute atomic E-state index is 12.0. The molecule has 7 heteroatoms. The zero-order chi connectivity index (χ0) is 13.7. The SMILES string of the molecule is NCC#Cc1ccsc1C(=O)NCc1csc(=O)[nH]1. The Morgan fingerprint density at radius 1 is 1.47 bits per heavy atom. The summed E-state index contributed by atoms with van der Waals surface area (Å²) < 4.78 is 0. The molecule has 0 atom stereocenters. The molecule has 0 fully saturated rings. The molecule has 0 radical (unpaired) electrons. The van der Waals surface area contributed by atoms with Gasteiger partial charge in [0.25, 0.3) is 5.91 Å². The van der Waals surface area contributed by atoms with Crippen molar-refractivity contribution in [2.24, 2.45) is 5.73 Å². The summed E-state index contributed by atoms with van der Waals surface area (Å²) in [7, 11) is 0. The first kappa shape index (κ1) is 13.5. The number of rotatable bonds is 3. The van der Waals surface area contributed by atoms with Crippen LogP contribution in [0.5, 0.6) is 0 Å². The van der Waals surface area contributed by atoms with Crippen molar-refractivity contribution >= 4 is 28.6 Å². The third-order valence-corrected chi connectivity index (χ3v) is 3.84. The molecule has 2 rings (SSSR count). The summed E-state index contributed by atoms with van der Waals surface area (Å²) >= 11 is 2.40. The minimum atomic E-state index is -0.205. The van der Waals surface area contributed by atoms with Gasteiger partial charge in [-0.25, -0.2) is 0 Å². The molecule has 4 N–H and O–H groups in total. The largest absolute Gasteiger partial charge is 0.346 e. The van der Waals surface area contributed by atoms with Gasteiger partial charge in [0, 0.05) is 16.6 Å². The zero-order valence-corrected chi connectivity index (χ0v) is 11.5. The summed E-state index contributed by atoms with van der Waals surface area (Å²) in [6, 6.07) is 1.79. The van der Waals surface area contributed by atoms with Crippen molar-refractivity contribution in [1.29, 1.82) is 0 Å². The number of aromatic amines is 1. The predicted octanol–water partition coefficient (Wildman–Crippen LogP) is 0.738. The van der Waals surface area contributed by atoms with Crippen LogP contribution in [0.3, 0.4) is 0 Å². The van der Waals surface area contributed by atoms with Crippen LogP contribution in [-0.2, 0) is 6.54 Å². The van der Waals surface area contributed by atoms with Crippen molar-refractivity contribution in [2.75, 3.05) is 6.54 Å². The molecule has 0 saturated heterocycles. The number of amides is 1. The number of aromatic nitrogens is 1. The Kier molecular flexibility index (Phi) is 4.52. The molecule has 0 bridgehead atoms. The van der Waals surface area contributed by atoms with Gasteiger partial charge in [0.2, 0.25) is 0 Å². The Morgan fingerprint density at radius 2 is 2.32 bits per heavy atom. The van der Waals surface area contributed by atoms with E-state index in [9.17, 15) is 9.59 Å². The second kappa shape index (κ2) is 6.33. The molecule has 0 aliphatic carbocycles. The van der Waals surface area contributed by atoms with E-state index in [0.29, 0.717) is 22.7 Å². The van der Waals surface area contributed by atoms with Gasteiger partial charge in [-0.3, -0.25) is 9.59 Å². The summed E-state index contributed by atoms with van der Waals surface area (Å²) in [6.45, 7) is 0.548. The van der Waals surface area contributed by atoms with Crippen molar-refractivity contribution in [3.05, 3.63) is 42.6 Å². The first-order chi connectivity index (χ1) is 9.20. The number of carbonyl (C=O) groups excluding carboxylic acids is 1. The molecule has 0 aliphatic heterocycles. The number of H-pyrrole nitrogens is 1. The molecule has 2 aromatic rings. The number of hydrogen-bond acceptors (Lipinski definition) is 5. The molecule has 2 heterocycles. The highest BCUT2D eigenvalue weighted by Gasteiger charge is 2.11. The van der Waals surface area contributed by atoms with Crippen LogP contribution in [0, 0.1) is 11.8 Å². The van der Waals surface area contributed by atoms with Crippen LogP contribution in [-0.4, -0.2) is 17.4 Å². The molecule has 1 amide bonds. The molecule has 19 heavy (non-hydrogen) atoms. The van der Waals surface area contributed by atoms with Gasteiger partial charge < -0.3 is 16.0 Å². The second-order valence-electron chi connectivity index (χ2n) is 3.53. The van der Waals surface area contributed by atoms with E-state index in [-0.39, 0.29) is 17.3 Å². The van der Waals surface area contributed by atoms with Gasteiger partial charge in [-0.1, -0.05) is 23.2 Å². The number of carbonyl (C=O) groups is 1. The van der Waals surface area contributed by atoms with Gasteiger partial charge in [0.1, 0.15) is 4.88 Å². The lowest BCUT2D eigenvalue weighted by Crippen LogP contribution is -2.23. The van der Waals surface area contributed by atoms with E-state index >= 15 is 0 Å². The Labute approximate surface area is 117 Å². The van der Waals surface area contributed by atoms with E-state index in [1.807, 2.05) is 5.38 Å². The summed E-state index contributed by atoms with van der Waals surface area (Å²) in [6.07, 6.45) is 0. The molecule has 5 nitrogen and oxygen atoms in total. The summed E-state index contributed by atoms with van der Waals surface area (Å²) in [5, 5.41) is 6.23. The van der Waals surface area contributed by atoms with Crippen molar-refractivity contribution in [3.63, 3.8) is 0 Å². The topological polar surface area (TPSA) is 88.0 Å². The van der Waals surface area contributed by atoms with Crippen LogP contribution in [0.25, 0.3) is 0 Å². The smallest absolute Gasteiger partial charge is 0.304 e. The fourth-order valence-corrected chi connectivity index (χ4v) is 2.73. The lowest BCUT2D eigenvalue weighted by Gasteiger charge is -2.01. The third-order valence-electron chi connectivity index (χ3n) is 2.21. The van der Waals surface area contributed by atoms with Crippen LogP contribution in [0.2, 0.25) is 0 Å². The maximum Gasteiger partial charge on any atom is 0.304 e. The highest BCUT2D eigenvalue weighted by molar-refractivity contribution is 7.12. The molecule has 2 aromatic heterocycles. The monoisotopic (exact) mass is 293 g/mol.